The fourth-order valence-electron chi connectivity index (χ4n) is 3.58. The summed E-state index contributed by atoms with van der Waals surface area (Å²) in [6, 6.07) is 0.586. The molecule has 4 unspecified atom stereocenters. The third-order valence-electron chi connectivity index (χ3n) is 5.74. The molecule has 0 aliphatic heterocycles. The average molecular weight is 284 g/mol. The number of hydrogen-bond acceptors (Lipinski definition) is 3. The molecule has 1 aliphatic rings. The zero-order valence-electron chi connectivity index (χ0n) is 14.2. The second kappa shape index (κ2) is 7.77. The summed E-state index contributed by atoms with van der Waals surface area (Å²) in [6.45, 7) is 10.8. The summed E-state index contributed by atoms with van der Waals surface area (Å²) in [6.07, 6.45) is 5.73. The van der Waals surface area contributed by atoms with Crippen LogP contribution in [-0.2, 0) is 0 Å². The largest absolute Gasteiger partial charge is 0.393 e. The highest BCUT2D eigenvalue weighted by molar-refractivity contribution is 4.91. The molecule has 3 nitrogen and oxygen atoms in total. The van der Waals surface area contributed by atoms with Crippen molar-refractivity contribution in [1.29, 1.82) is 0 Å². The van der Waals surface area contributed by atoms with Crippen LogP contribution >= 0.6 is 0 Å². The number of aliphatic hydroxyl groups is 1. The van der Waals surface area contributed by atoms with Crippen molar-refractivity contribution < 1.29 is 5.11 Å². The molecule has 1 saturated carbocycles. The molecule has 0 bridgehead atoms. The SMILES string of the molecule is CCC(C)(C)C1CCC(CN)C(N(C)CCC(C)O)C1. The maximum atomic E-state index is 9.49. The Morgan fingerprint density at radius 1 is 1.35 bits per heavy atom. The van der Waals surface area contributed by atoms with Crippen molar-refractivity contribution in [2.45, 2.75) is 71.9 Å². The van der Waals surface area contributed by atoms with E-state index >= 15 is 0 Å². The average Bonchev–Trinajstić information content (AvgIpc) is 2.43. The van der Waals surface area contributed by atoms with E-state index in [1.165, 1.54) is 25.7 Å². The maximum Gasteiger partial charge on any atom is 0.0524 e. The lowest BCUT2D eigenvalue weighted by molar-refractivity contribution is 0.0435. The second-order valence-electron chi connectivity index (χ2n) is 7.53. The van der Waals surface area contributed by atoms with Crippen LogP contribution in [0, 0.1) is 17.3 Å². The monoisotopic (exact) mass is 284 g/mol. The zero-order chi connectivity index (χ0) is 15.3. The van der Waals surface area contributed by atoms with Crippen molar-refractivity contribution in [3.05, 3.63) is 0 Å². The Bertz CT molecular complexity index is 278. The van der Waals surface area contributed by atoms with Crippen molar-refractivity contribution >= 4 is 0 Å². The van der Waals surface area contributed by atoms with Gasteiger partial charge < -0.3 is 15.7 Å². The number of nitrogens with two attached hydrogens (primary N) is 1. The third-order valence-corrected chi connectivity index (χ3v) is 5.74. The molecule has 0 heterocycles. The van der Waals surface area contributed by atoms with Crippen LogP contribution in [0.5, 0.6) is 0 Å². The fraction of sp³-hybridized carbons (Fsp3) is 1.00. The molecular weight excluding hydrogens is 248 g/mol. The Hall–Kier alpha value is -0.120. The summed E-state index contributed by atoms with van der Waals surface area (Å²) in [5, 5.41) is 9.49. The quantitative estimate of drug-likeness (QED) is 0.756. The minimum Gasteiger partial charge on any atom is -0.393 e. The molecule has 0 aromatic carbocycles. The molecule has 1 rings (SSSR count). The van der Waals surface area contributed by atoms with Crippen LogP contribution in [0.4, 0.5) is 0 Å². The first-order chi connectivity index (χ1) is 9.31. The van der Waals surface area contributed by atoms with Gasteiger partial charge in [-0.05, 0) is 63.5 Å². The van der Waals surface area contributed by atoms with Crippen LogP contribution < -0.4 is 5.73 Å². The molecule has 3 N–H and O–H groups in total. The molecule has 0 amide bonds. The minimum atomic E-state index is -0.208. The Kier molecular flexibility index (Phi) is 6.96. The predicted octanol–water partition coefficient (Wildman–Crippen LogP) is 2.87. The van der Waals surface area contributed by atoms with E-state index in [-0.39, 0.29) is 6.10 Å². The standard InChI is InChI=1S/C17H36N2O/c1-6-17(3,4)15-8-7-14(12-18)16(11-15)19(5)10-9-13(2)20/h13-16,20H,6-12,18H2,1-5H3. The van der Waals surface area contributed by atoms with Gasteiger partial charge in [0, 0.05) is 12.6 Å². The van der Waals surface area contributed by atoms with E-state index in [1.54, 1.807) is 0 Å². The van der Waals surface area contributed by atoms with E-state index in [4.69, 9.17) is 5.73 Å². The summed E-state index contributed by atoms with van der Waals surface area (Å²) in [4.78, 5) is 2.45. The van der Waals surface area contributed by atoms with Crippen molar-refractivity contribution in [3.8, 4) is 0 Å². The second-order valence-corrected chi connectivity index (χ2v) is 7.53. The van der Waals surface area contributed by atoms with Gasteiger partial charge >= 0.3 is 0 Å². The molecule has 20 heavy (non-hydrogen) atoms. The summed E-state index contributed by atoms with van der Waals surface area (Å²) in [5.41, 5.74) is 6.43. The van der Waals surface area contributed by atoms with Gasteiger partial charge in [0.1, 0.15) is 0 Å². The van der Waals surface area contributed by atoms with E-state index in [1.807, 2.05) is 6.92 Å². The van der Waals surface area contributed by atoms with Gasteiger partial charge in [-0.2, -0.15) is 0 Å². The van der Waals surface area contributed by atoms with Gasteiger partial charge in [0.05, 0.1) is 6.10 Å². The van der Waals surface area contributed by atoms with Gasteiger partial charge in [0.25, 0.3) is 0 Å². The van der Waals surface area contributed by atoms with Crippen LogP contribution in [0.1, 0.15) is 59.8 Å². The summed E-state index contributed by atoms with van der Waals surface area (Å²) >= 11 is 0. The lowest BCUT2D eigenvalue weighted by Crippen LogP contribution is -2.47. The fourth-order valence-corrected chi connectivity index (χ4v) is 3.58. The molecule has 120 valence electrons. The first-order valence-corrected chi connectivity index (χ1v) is 8.40. The predicted molar refractivity (Wildman–Crippen MR) is 86.7 cm³/mol. The minimum absolute atomic E-state index is 0.208. The smallest absolute Gasteiger partial charge is 0.0524 e. The van der Waals surface area contributed by atoms with Gasteiger partial charge in [-0.25, -0.2) is 0 Å². The van der Waals surface area contributed by atoms with E-state index in [9.17, 15) is 5.11 Å². The van der Waals surface area contributed by atoms with Crippen LogP contribution in [0.2, 0.25) is 0 Å². The van der Waals surface area contributed by atoms with Crippen LogP contribution in [-0.4, -0.2) is 42.3 Å². The topological polar surface area (TPSA) is 49.5 Å². The third kappa shape index (κ3) is 4.71. The molecular formula is C17H36N2O. The van der Waals surface area contributed by atoms with Gasteiger partial charge in [-0.1, -0.05) is 27.2 Å². The lowest BCUT2D eigenvalue weighted by Gasteiger charge is -2.46. The highest BCUT2D eigenvalue weighted by Crippen LogP contribution is 2.43. The van der Waals surface area contributed by atoms with Crippen LogP contribution in [0.15, 0.2) is 0 Å². The first-order valence-electron chi connectivity index (χ1n) is 8.40. The van der Waals surface area contributed by atoms with Crippen molar-refractivity contribution in [2.75, 3.05) is 20.1 Å². The van der Waals surface area contributed by atoms with Crippen molar-refractivity contribution in [3.63, 3.8) is 0 Å². The Morgan fingerprint density at radius 2 is 2.00 bits per heavy atom. The number of hydrogen-bond donors (Lipinski definition) is 2. The van der Waals surface area contributed by atoms with Gasteiger partial charge in [0.15, 0.2) is 0 Å². The zero-order valence-corrected chi connectivity index (χ0v) is 14.2. The highest BCUT2D eigenvalue weighted by atomic mass is 16.3. The molecule has 1 fully saturated rings. The van der Waals surface area contributed by atoms with Crippen LogP contribution in [0.25, 0.3) is 0 Å². The van der Waals surface area contributed by atoms with E-state index in [0.717, 1.165) is 25.4 Å². The lowest BCUT2D eigenvalue weighted by atomic mass is 9.65. The highest BCUT2D eigenvalue weighted by Gasteiger charge is 2.38. The van der Waals surface area contributed by atoms with Gasteiger partial charge in [-0.3, -0.25) is 0 Å². The number of rotatable bonds is 7. The normalized spacial score (nSPS) is 29.7. The van der Waals surface area contributed by atoms with Crippen molar-refractivity contribution in [2.24, 2.45) is 23.0 Å². The maximum absolute atomic E-state index is 9.49. The molecule has 3 heteroatoms. The molecule has 0 radical (unpaired) electrons. The van der Waals surface area contributed by atoms with Crippen molar-refractivity contribution in [1.82, 2.24) is 4.90 Å². The molecule has 1 aliphatic carbocycles. The van der Waals surface area contributed by atoms with Gasteiger partial charge in [0.2, 0.25) is 0 Å². The summed E-state index contributed by atoms with van der Waals surface area (Å²) < 4.78 is 0. The molecule has 4 atom stereocenters. The van der Waals surface area contributed by atoms with Crippen LogP contribution in [0.3, 0.4) is 0 Å². The first kappa shape index (κ1) is 17.9. The summed E-state index contributed by atoms with van der Waals surface area (Å²) in [7, 11) is 2.21. The Labute approximate surface area is 125 Å². The number of nitrogens with zero attached hydrogens (tertiary/aromatic N) is 1. The summed E-state index contributed by atoms with van der Waals surface area (Å²) in [5.74, 6) is 1.42. The molecule has 0 aromatic rings. The molecule has 0 aromatic heterocycles. The molecule has 0 saturated heterocycles. The van der Waals surface area contributed by atoms with E-state index in [0.29, 0.717) is 17.4 Å². The Morgan fingerprint density at radius 3 is 2.50 bits per heavy atom. The number of aliphatic hydroxyl groups excluding tert-OH is 1. The van der Waals surface area contributed by atoms with Gasteiger partial charge in [-0.15, -0.1) is 0 Å². The van der Waals surface area contributed by atoms with E-state index in [2.05, 4.69) is 32.7 Å². The van der Waals surface area contributed by atoms with E-state index < -0.39 is 0 Å². The molecule has 0 spiro atoms. The Balaban J connectivity index is 2.68.